The van der Waals surface area contributed by atoms with E-state index in [1.165, 1.54) is 17.4 Å². The minimum Gasteiger partial charge on any atom is -0.490 e. The van der Waals surface area contributed by atoms with E-state index in [2.05, 4.69) is 29.3 Å². The summed E-state index contributed by atoms with van der Waals surface area (Å²) in [6, 6.07) is 12.2. The summed E-state index contributed by atoms with van der Waals surface area (Å²) in [7, 11) is 7.09. The molecule has 1 N–H and O–H groups in total. The molecule has 0 saturated carbocycles. The van der Waals surface area contributed by atoms with Crippen LogP contribution in [0.1, 0.15) is 29.8 Å². The Balaban J connectivity index is 1.44. The van der Waals surface area contributed by atoms with Gasteiger partial charge >= 0.3 is 0 Å². The monoisotopic (exact) mass is 672 g/mol. The number of halogens is 2. The van der Waals surface area contributed by atoms with Gasteiger partial charge in [-0.3, -0.25) is 14.4 Å². The molecule has 1 amide bonds. The largest absolute Gasteiger partial charge is 0.490 e. The molecular weight excluding hydrogens is 634 g/mol. The van der Waals surface area contributed by atoms with Gasteiger partial charge in [0.05, 0.1) is 36.1 Å². The number of carbonyl (C=O) groups is 1. The van der Waals surface area contributed by atoms with Crippen LogP contribution in [0.5, 0.6) is 5.75 Å². The number of nitrogens with zero attached hydrogens (tertiary/aromatic N) is 5. The van der Waals surface area contributed by atoms with Gasteiger partial charge in [0.2, 0.25) is 5.91 Å². The normalized spacial score (nSPS) is 17.7. The van der Waals surface area contributed by atoms with Gasteiger partial charge < -0.3 is 19.7 Å². The maximum Gasteiger partial charge on any atom is 0.239 e. The second-order valence-electron chi connectivity index (χ2n) is 12.7. The third-order valence-corrected chi connectivity index (χ3v) is 10.2. The van der Waals surface area contributed by atoms with Crippen molar-refractivity contribution < 1.29 is 23.0 Å². The van der Waals surface area contributed by atoms with Crippen LogP contribution in [-0.2, 0) is 29.0 Å². The van der Waals surface area contributed by atoms with Crippen molar-refractivity contribution in [3.63, 3.8) is 0 Å². The van der Waals surface area contributed by atoms with E-state index in [1.54, 1.807) is 26.1 Å². The van der Waals surface area contributed by atoms with Crippen molar-refractivity contribution in [2.24, 2.45) is 0 Å². The van der Waals surface area contributed by atoms with Crippen molar-refractivity contribution in [3.8, 4) is 39.5 Å². The number of pyridine rings is 1. The summed E-state index contributed by atoms with van der Waals surface area (Å²) in [6.07, 6.45) is 0.622. The quantitative estimate of drug-likeness (QED) is 0.206. The molecule has 12 heteroatoms. The Morgan fingerprint density at radius 2 is 1.92 bits per heavy atom. The second kappa shape index (κ2) is 13.0. The highest BCUT2D eigenvalue weighted by Crippen LogP contribution is 2.47. The van der Waals surface area contributed by atoms with Crippen molar-refractivity contribution in [3.05, 3.63) is 76.3 Å². The van der Waals surface area contributed by atoms with Crippen molar-refractivity contribution in [1.82, 2.24) is 29.9 Å². The molecule has 0 spiro atoms. The zero-order valence-electron chi connectivity index (χ0n) is 27.6. The van der Waals surface area contributed by atoms with Crippen LogP contribution in [0, 0.1) is 11.6 Å². The first-order chi connectivity index (χ1) is 23.1. The van der Waals surface area contributed by atoms with Gasteiger partial charge in [-0.25, -0.2) is 13.8 Å². The topological polar surface area (TPSA) is 84.7 Å². The molecule has 48 heavy (non-hydrogen) atoms. The first kappa shape index (κ1) is 32.3. The predicted molar refractivity (Wildman–Crippen MR) is 183 cm³/mol. The number of hydrogen-bond acceptors (Lipinski definition) is 8. The number of amides is 1. The van der Waals surface area contributed by atoms with Crippen LogP contribution in [0.25, 0.3) is 43.9 Å². The fourth-order valence-corrected chi connectivity index (χ4v) is 7.75. The van der Waals surface area contributed by atoms with Gasteiger partial charge in [0, 0.05) is 73.7 Å². The minimum atomic E-state index is -0.745. The number of aromatic nitrogens is 3. The van der Waals surface area contributed by atoms with Crippen molar-refractivity contribution in [2.45, 2.75) is 38.5 Å². The minimum absolute atomic E-state index is 0.0738. The highest BCUT2D eigenvalue weighted by atomic mass is 32.1. The Bertz CT molecular complexity index is 2020. The van der Waals surface area contributed by atoms with Gasteiger partial charge in [0.25, 0.3) is 0 Å². The third kappa shape index (κ3) is 5.76. The highest BCUT2D eigenvalue weighted by molar-refractivity contribution is 7.18. The van der Waals surface area contributed by atoms with E-state index in [0.717, 1.165) is 50.8 Å². The summed E-state index contributed by atoms with van der Waals surface area (Å²) in [4.78, 5) is 21.9. The van der Waals surface area contributed by atoms with E-state index in [0.29, 0.717) is 36.5 Å². The van der Waals surface area contributed by atoms with E-state index in [4.69, 9.17) is 19.6 Å². The molecule has 7 rings (SSSR count). The summed E-state index contributed by atoms with van der Waals surface area (Å²) in [5.74, 6) is -1.32. The first-order valence-corrected chi connectivity index (χ1v) is 16.9. The Labute approximate surface area is 282 Å². The molecule has 0 radical (unpaired) electrons. The molecule has 5 aromatic rings. The molecular formula is C36H38F2N6O3S. The number of thiophene rings is 1. The molecule has 2 aliphatic rings. The molecule has 2 aromatic carbocycles. The van der Waals surface area contributed by atoms with Crippen LogP contribution in [0.4, 0.5) is 8.78 Å². The molecule has 5 heterocycles. The summed E-state index contributed by atoms with van der Waals surface area (Å²) >= 11 is 1.47. The Kier molecular flexibility index (Phi) is 8.75. The van der Waals surface area contributed by atoms with Crippen LogP contribution in [-0.4, -0.2) is 84.5 Å². The van der Waals surface area contributed by atoms with Gasteiger partial charge in [0.1, 0.15) is 35.4 Å². The number of nitrogens with one attached hydrogen (secondary N) is 1. The predicted octanol–water partition coefficient (Wildman–Crippen LogP) is 5.91. The lowest BCUT2D eigenvalue weighted by Crippen LogP contribution is -2.48. The van der Waals surface area contributed by atoms with Gasteiger partial charge in [0.15, 0.2) is 0 Å². The summed E-state index contributed by atoms with van der Waals surface area (Å²) < 4.78 is 44.6. The lowest BCUT2D eigenvalue weighted by molar-refractivity contribution is -0.134. The third-order valence-electron chi connectivity index (χ3n) is 9.26. The van der Waals surface area contributed by atoms with Gasteiger partial charge in [-0.05, 0) is 55.1 Å². The maximum atomic E-state index is 16.1. The molecule has 0 fully saturated rings. The van der Waals surface area contributed by atoms with Crippen molar-refractivity contribution in [1.29, 1.82) is 0 Å². The maximum absolute atomic E-state index is 16.1. The average Bonchev–Trinajstić information content (AvgIpc) is 3.72. The van der Waals surface area contributed by atoms with Gasteiger partial charge in [-0.15, -0.1) is 11.3 Å². The van der Waals surface area contributed by atoms with E-state index < -0.39 is 11.6 Å². The zero-order chi connectivity index (χ0) is 33.7. The molecule has 9 nitrogen and oxygen atoms in total. The first-order valence-electron chi connectivity index (χ1n) is 16.0. The number of carbonyl (C=O) groups excluding carboxylic acids is 1. The lowest BCUT2D eigenvalue weighted by Gasteiger charge is -2.34. The Morgan fingerprint density at radius 1 is 1.08 bits per heavy atom. The molecule has 2 aliphatic heterocycles. The number of ether oxygens (including phenoxy) is 2. The van der Waals surface area contributed by atoms with Crippen LogP contribution >= 0.6 is 11.3 Å². The van der Waals surface area contributed by atoms with Crippen molar-refractivity contribution in [2.75, 3.05) is 48.0 Å². The van der Waals surface area contributed by atoms with Crippen LogP contribution < -0.4 is 10.1 Å². The number of rotatable bonds is 8. The van der Waals surface area contributed by atoms with E-state index in [1.807, 2.05) is 35.3 Å². The lowest BCUT2D eigenvalue weighted by atomic mass is 9.90. The second-order valence-corrected chi connectivity index (χ2v) is 13.6. The number of fused-ring (bicyclic) bond motifs is 3. The standard InChI is InChI=1S/C36H38F2N6O3S/c1-20-28-18-27(41-44(28)10-9-39-20)34-32(31-26(38)16-24(37)17-30(31)47-12-11-46-5)35-25(8-13-48-35)33(40-34)22-7-6-21-15-29(36(45)42(2)3)43(4)19-23(21)14-22/h6-8,13-14,16-18,20,29,39H,9-12,15,19H2,1-5H3/t20-,29-/m1/s1. The molecule has 3 aromatic heterocycles. The number of hydrogen-bond donors (Lipinski definition) is 1. The van der Waals surface area contributed by atoms with Crippen molar-refractivity contribution >= 4 is 27.3 Å². The van der Waals surface area contributed by atoms with Crippen LogP contribution in [0.15, 0.2) is 47.8 Å². The summed E-state index contributed by atoms with van der Waals surface area (Å²) in [5.41, 5.74) is 6.64. The van der Waals surface area contributed by atoms with Gasteiger partial charge in [-0.1, -0.05) is 12.1 Å². The number of methoxy groups -OCH3 is 1. The Hall–Kier alpha value is -4.23. The molecule has 0 bridgehead atoms. The molecule has 0 saturated heterocycles. The SMILES string of the molecule is COCCOc1cc(F)cc(F)c1-c1c(-c2cc3n(n2)CCN[C@@H]3C)nc(-c2ccc3c(c2)CN(C)[C@@H](C(=O)N(C)C)C3)c2ccsc12. The van der Waals surface area contributed by atoms with Crippen LogP contribution in [0.3, 0.4) is 0 Å². The summed E-state index contributed by atoms with van der Waals surface area (Å²) in [5, 5.41) is 11.3. The van der Waals surface area contributed by atoms with E-state index in [-0.39, 0.29) is 42.5 Å². The number of likely N-dealkylation sites (N-methyl/N-ethyl adjacent to an activating group) is 2. The van der Waals surface area contributed by atoms with Gasteiger partial charge in [-0.2, -0.15) is 5.10 Å². The highest BCUT2D eigenvalue weighted by Gasteiger charge is 2.32. The zero-order valence-corrected chi connectivity index (χ0v) is 28.5. The smallest absolute Gasteiger partial charge is 0.239 e. The Morgan fingerprint density at radius 3 is 2.69 bits per heavy atom. The molecule has 0 unspecified atom stereocenters. The number of benzene rings is 2. The molecule has 2 atom stereocenters. The fraction of sp³-hybridized carbons (Fsp3) is 0.361. The summed E-state index contributed by atoms with van der Waals surface area (Å²) in [6.45, 7) is 4.54. The van der Waals surface area contributed by atoms with E-state index in [9.17, 15) is 9.18 Å². The molecule has 250 valence electrons. The van der Waals surface area contributed by atoms with Crippen LogP contribution in [0.2, 0.25) is 0 Å². The fourth-order valence-electron chi connectivity index (χ4n) is 6.81. The molecule has 0 aliphatic carbocycles. The van der Waals surface area contributed by atoms with E-state index >= 15 is 4.39 Å². The average molecular weight is 673 g/mol.